The fourth-order valence-corrected chi connectivity index (χ4v) is 1.79. The van der Waals surface area contributed by atoms with Crippen molar-refractivity contribution in [3.63, 3.8) is 0 Å². The summed E-state index contributed by atoms with van der Waals surface area (Å²) >= 11 is 0. The third-order valence-corrected chi connectivity index (χ3v) is 3.43. The molecular weight excluding hydrogens is 188 g/mol. The number of hydrogen-bond acceptors (Lipinski definition) is 2. The molecule has 0 aromatic heterocycles. The smallest absolute Gasteiger partial charge is 0.223 e. The molecule has 0 aliphatic carbocycles. The molecule has 1 fully saturated rings. The van der Waals surface area contributed by atoms with Crippen LogP contribution in [0.4, 0.5) is 0 Å². The average Bonchev–Trinajstić information content (AvgIpc) is 2.18. The van der Waals surface area contributed by atoms with Crippen LogP contribution in [0, 0.1) is 5.92 Å². The Morgan fingerprint density at radius 2 is 1.93 bits per heavy atom. The zero-order valence-corrected chi connectivity index (χ0v) is 10.5. The van der Waals surface area contributed by atoms with Gasteiger partial charge < -0.3 is 10.2 Å². The molecule has 88 valence electrons. The number of nitrogens with zero attached hydrogens (tertiary/aromatic N) is 1. The number of likely N-dealkylation sites (tertiary alicyclic amines) is 1. The molecule has 1 aliphatic rings. The van der Waals surface area contributed by atoms with Crippen molar-refractivity contribution in [2.75, 3.05) is 20.1 Å². The van der Waals surface area contributed by atoms with Gasteiger partial charge in [-0.1, -0.05) is 6.92 Å². The Kier molecular flexibility index (Phi) is 4.14. The van der Waals surface area contributed by atoms with Crippen LogP contribution in [-0.2, 0) is 4.79 Å². The van der Waals surface area contributed by atoms with E-state index in [2.05, 4.69) is 38.0 Å². The van der Waals surface area contributed by atoms with Crippen LogP contribution in [0.1, 0.15) is 40.0 Å². The minimum atomic E-state index is -0.0551. The van der Waals surface area contributed by atoms with E-state index < -0.39 is 0 Å². The van der Waals surface area contributed by atoms with Crippen molar-refractivity contribution in [3.8, 4) is 0 Å². The highest BCUT2D eigenvalue weighted by Crippen LogP contribution is 2.18. The summed E-state index contributed by atoms with van der Waals surface area (Å²) < 4.78 is 0. The Morgan fingerprint density at radius 1 is 1.40 bits per heavy atom. The molecule has 0 atom stereocenters. The Balaban J connectivity index is 2.41. The summed E-state index contributed by atoms with van der Waals surface area (Å²) in [7, 11) is 2.12. The standard InChI is InChI=1S/C12H24N2O/c1-5-12(2,3)13-11(15)10-6-8-14(4)9-7-10/h10H,5-9H2,1-4H3,(H,13,15). The van der Waals surface area contributed by atoms with E-state index in [1.165, 1.54) is 0 Å². The molecule has 0 radical (unpaired) electrons. The molecular formula is C12H24N2O. The minimum absolute atomic E-state index is 0.0551. The lowest BCUT2D eigenvalue weighted by Crippen LogP contribution is -2.47. The first-order valence-electron chi connectivity index (χ1n) is 5.95. The Morgan fingerprint density at radius 3 is 2.40 bits per heavy atom. The summed E-state index contributed by atoms with van der Waals surface area (Å²) in [6.45, 7) is 8.36. The average molecular weight is 212 g/mol. The van der Waals surface area contributed by atoms with Crippen LogP contribution >= 0.6 is 0 Å². The predicted molar refractivity (Wildman–Crippen MR) is 62.7 cm³/mol. The van der Waals surface area contributed by atoms with Gasteiger partial charge in [-0.2, -0.15) is 0 Å². The largest absolute Gasteiger partial charge is 0.351 e. The fourth-order valence-electron chi connectivity index (χ4n) is 1.79. The summed E-state index contributed by atoms with van der Waals surface area (Å²) in [5.74, 6) is 0.474. The third kappa shape index (κ3) is 3.82. The van der Waals surface area contributed by atoms with E-state index in [1.807, 2.05) is 0 Å². The molecule has 0 aromatic carbocycles. The highest BCUT2D eigenvalue weighted by molar-refractivity contribution is 5.79. The molecule has 1 aliphatic heterocycles. The number of carbonyl (C=O) groups is 1. The monoisotopic (exact) mass is 212 g/mol. The first-order valence-corrected chi connectivity index (χ1v) is 5.95. The number of rotatable bonds is 3. The van der Waals surface area contributed by atoms with Gasteiger partial charge in [-0.25, -0.2) is 0 Å². The van der Waals surface area contributed by atoms with Gasteiger partial charge in [-0.3, -0.25) is 4.79 Å². The quantitative estimate of drug-likeness (QED) is 0.771. The number of piperidine rings is 1. The van der Waals surface area contributed by atoms with E-state index in [0.717, 1.165) is 32.4 Å². The summed E-state index contributed by atoms with van der Waals surface area (Å²) in [6, 6.07) is 0. The zero-order chi connectivity index (χ0) is 11.5. The third-order valence-electron chi connectivity index (χ3n) is 3.43. The van der Waals surface area contributed by atoms with Crippen molar-refractivity contribution in [3.05, 3.63) is 0 Å². The maximum absolute atomic E-state index is 11.9. The molecule has 1 rings (SSSR count). The molecule has 0 spiro atoms. The van der Waals surface area contributed by atoms with Crippen molar-refractivity contribution in [1.82, 2.24) is 10.2 Å². The normalized spacial score (nSPS) is 20.3. The highest BCUT2D eigenvalue weighted by Gasteiger charge is 2.26. The van der Waals surface area contributed by atoms with Crippen molar-refractivity contribution < 1.29 is 4.79 Å². The number of nitrogens with one attached hydrogen (secondary N) is 1. The SMILES string of the molecule is CCC(C)(C)NC(=O)C1CCN(C)CC1. The Labute approximate surface area is 93.2 Å². The van der Waals surface area contributed by atoms with E-state index in [4.69, 9.17) is 0 Å². The van der Waals surface area contributed by atoms with E-state index in [1.54, 1.807) is 0 Å². The lowest BCUT2D eigenvalue weighted by Gasteiger charge is -2.32. The van der Waals surface area contributed by atoms with E-state index in [0.29, 0.717) is 0 Å². The van der Waals surface area contributed by atoms with Gasteiger partial charge in [0.05, 0.1) is 0 Å². The summed E-state index contributed by atoms with van der Waals surface area (Å²) in [5.41, 5.74) is -0.0551. The molecule has 0 saturated carbocycles. The van der Waals surface area contributed by atoms with Gasteiger partial charge in [0.1, 0.15) is 0 Å². The molecule has 0 unspecified atom stereocenters. The molecule has 3 heteroatoms. The van der Waals surface area contributed by atoms with Crippen molar-refractivity contribution in [2.45, 2.75) is 45.6 Å². The second kappa shape index (κ2) is 4.97. The fraction of sp³-hybridized carbons (Fsp3) is 0.917. The molecule has 3 nitrogen and oxygen atoms in total. The Hall–Kier alpha value is -0.570. The molecule has 0 aromatic rings. The van der Waals surface area contributed by atoms with Crippen LogP contribution in [0.3, 0.4) is 0 Å². The highest BCUT2D eigenvalue weighted by atomic mass is 16.2. The van der Waals surface area contributed by atoms with Crippen LogP contribution in [0.15, 0.2) is 0 Å². The van der Waals surface area contributed by atoms with Gasteiger partial charge in [0.25, 0.3) is 0 Å². The Bertz CT molecular complexity index is 218. The van der Waals surface area contributed by atoms with Gasteiger partial charge in [0, 0.05) is 11.5 Å². The molecule has 15 heavy (non-hydrogen) atoms. The number of amides is 1. The molecule has 1 amide bonds. The molecule has 1 saturated heterocycles. The van der Waals surface area contributed by atoms with E-state index >= 15 is 0 Å². The van der Waals surface area contributed by atoms with Gasteiger partial charge in [-0.05, 0) is 53.2 Å². The van der Waals surface area contributed by atoms with Gasteiger partial charge in [0.2, 0.25) is 5.91 Å². The van der Waals surface area contributed by atoms with Crippen LogP contribution in [0.2, 0.25) is 0 Å². The van der Waals surface area contributed by atoms with Gasteiger partial charge in [-0.15, -0.1) is 0 Å². The van der Waals surface area contributed by atoms with Crippen LogP contribution in [-0.4, -0.2) is 36.5 Å². The maximum atomic E-state index is 11.9. The van der Waals surface area contributed by atoms with Crippen LogP contribution in [0.5, 0.6) is 0 Å². The predicted octanol–water partition coefficient (Wildman–Crippen LogP) is 1.63. The lowest BCUT2D eigenvalue weighted by molar-refractivity contribution is -0.128. The van der Waals surface area contributed by atoms with Crippen molar-refractivity contribution >= 4 is 5.91 Å². The molecule has 1 N–H and O–H groups in total. The van der Waals surface area contributed by atoms with E-state index in [9.17, 15) is 4.79 Å². The zero-order valence-electron chi connectivity index (χ0n) is 10.5. The summed E-state index contributed by atoms with van der Waals surface area (Å²) in [4.78, 5) is 14.2. The van der Waals surface area contributed by atoms with Gasteiger partial charge >= 0.3 is 0 Å². The summed E-state index contributed by atoms with van der Waals surface area (Å²) in [6.07, 6.45) is 2.98. The van der Waals surface area contributed by atoms with Gasteiger partial charge in [0.15, 0.2) is 0 Å². The number of hydrogen-bond donors (Lipinski definition) is 1. The molecule has 0 bridgehead atoms. The topological polar surface area (TPSA) is 32.3 Å². The van der Waals surface area contributed by atoms with Crippen molar-refractivity contribution in [2.24, 2.45) is 5.92 Å². The van der Waals surface area contributed by atoms with E-state index in [-0.39, 0.29) is 17.4 Å². The van der Waals surface area contributed by atoms with Crippen LogP contribution in [0.25, 0.3) is 0 Å². The second-order valence-corrected chi connectivity index (χ2v) is 5.30. The minimum Gasteiger partial charge on any atom is -0.351 e. The second-order valence-electron chi connectivity index (χ2n) is 5.30. The summed E-state index contributed by atoms with van der Waals surface area (Å²) in [5, 5.41) is 3.13. The number of carbonyl (C=O) groups excluding carboxylic acids is 1. The molecule has 1 heterocycles. The van der Waals surface area contributed by atoms with Crippen molar-refractivity contribution in [1.29, 1.82) is 0 Å². The first-order chi connectivity index (χ1) is 6.94. The lowest BCUT2D eigenvalue weighted by atomic mass is 9.94. The maximum Gasteiger partial charge on any atom is 0.223 e. The first kappa shape index (κ1) is 12.5. The van der Waals surface area contributed by atoms with Crippen LogP contribution < -0.4 is 5.32 Å².